The van der Waals surface area contributed by atoms with Crippen LogP contribution in [-0.2, 0) is 9.53 Å². The Labute approximate surface area is 139 Å². The number of methoxy groups -OCH3 is 1. The van der Waals surface area contributed by atoms with E-state index in [4.69, 9.17) is 21.1 Å². The van der Waals surface area contributed by atoms with Gasteiger partial charge in [0.15, 0.2) is 6.61 Å². The molecule has 1 aromatic rings. The number of benzene rings is 1. The Bertz CT molecular complexity index is 577. The third-order valence-electron chi connectivity index (χ3n) is 2.78. The number of urea groups is 1. The van der Waals surface area contributed by atoms with E-state index in [0.717, 1.165) is 12.8 Å². The first-order valence-electron chi connectivity index (χ1n) is 7.06. The molecule has 0 atom stereocenters. The lowest BCUT2D eigenvalue weighted by molar-refractivity contribution is -0.123. The highest BCUT2D eigenvalue weighted by Crippen LogP contribution is 2.23. The van der Waals surface area contributed by atoms with Gasteiger partial charge in [0.2, 0.25) is 0 Å². The van der Waals surface area contributed by atoms with E-state index in [-0.39, 0.29) is 11.3 Å². The van der Waals surface area contributed by atoms with Crippen molar-refractivity contribution in [1.82, 2.24) is 10.6 Å². The van der Waals surface area contributed by atoms with Gasteiger partial charge >= 0.3 is 12.0 Å². The van der Waals surface area contributed by atoms with Gasteiger partial charge in [-0.2, -0.15) is 0 Å². The Hall–Kier alpha value is -2.28. The van der Waals surface area contributed by atoms with Gasteiger partial charge < -0.3 is 14.8 Å². The molecule has 0 aliphatic rings. The second-order valence-electron chi connectivity index (χ2n) is 4.58. The molecule has 0 spiro atoms. The summed E-state index contributed by atoms with van der Waals surface area (Å²) in [6.45, 7) is 1.86. The number of rotatable bonds is 7. The molecule has 23 heavy (non-hydrogen) atoms. The van der Waals surface area contributed by atoms with Gasteiger partial charge in [-0.15, -0.1) is 0 Å². The molecule has 0 radical (unpaired) electrons. The van der Waals surface area contributed by atoms with Crippen molar-refractivity contribution in [2.24, 2.45) is 0 Å². The molecule has 0 aliphatic carbocycles. The molecule has 3 amide bonds. The van der Waals surface area contributed by atoms with Crippen LogP contribution in [0.5, 0.6) is 5.75 Å². The molecule has 0 aromatic heterocycles. The van der Waals surface area contributed by atoms with Crippen LogP contribution in [0, 0.1) is 0 Å². The van der Waals surface area contributed by atoms with Crippen LogP contribution in [0.1, 0.15) is 30.1 Å². The maximum Gasteiger partial charge on any atom is 0.342 e. The highest BCUT2D eigenvalue weighted by molar-refractivity contribution is 6.31. The zero-order valence-electron chi connectivity index (χ0n) is 13.0. The van der Waals surface area contributed by atoms with E-state index in [1.807, 2.05) is 6.92 Å². The lowest BCUT2D eigenvalue weighted by Crippen LogP contribution is -2.41. The van der Waals surface area contributed by atoms with Crippen LogP contribution in [0.3, 0.4) is 0 Å². The molecule has 1 rings (SSSR count). The van der Waals surface area contributed by atoms with Crippen molar-refractivity contribution < 1.29 is 23.9 Å². The predicted octanol–water partition coefficient (Wildman–Crippen LogP) is 2.13. The number of amides is 3. The minimum Gasteiger partial charge on any atom is -0.496 e. The Balaban J connectivity index is 2.48. The van der Waals surface area contributed by atoms with Crippen molar-refractivity contribution in [3.63, 3.8) is 0 Å². The standard InChI is InChI=1S/C15H19ClN2O5/c1-3-4-7-17-15(21)18-13(19)9-23-14(20)11-8-10(16)5-6-12(11)22-2/h5-6,8H,3-4,7,9H2,1-2H3,(H2,17,18,19,21). The van der Waals surface area contributed by atoms with Crippen molar-refractivity contribution >= 4 is 29.5 Å². The highest BCUT2D eigenvalue weighted by Gasteiger charge is 2.16. The average Bonchev–Trinajstić information content (AvgIpc) is 2.52. The van der Waals surface area contributed by atoms with Gasteiger partial charge in [0, 0.05) is 11.6 Å². The van der Waals surface area contributed by atoms with Crippen LogP contribution < -0.4 is 15.4 Å². The van der Waals surface area contributed by atoms with Gasteiger partial charge in [-0.25, -0.2) is 9.59 Å². The van der Waals surface area contributed by atoms with Gasteiger partial charge in [-0.3, -0.25) is 10.1 Å². The van der Waals surface area contributed by atoms with Crippen molar-refractivity contribution in [1.29, 1.82) is 0 Å². The number of carbonyl (C=O) groups is 3. The average molecular weight is 343 g/mol. The lowest BCUT2D eigenvalue weighted by atomic mass is 10.2. The van der Waals surface area contributed by atoms with Crippen LogP contribution in [-0.4, -0.2) is 38.2 Å². The third kappa shape index (κ3) is 6.56. The summed E-state index contributed by atoms with van der Waals surface area (Å²) in [5.41, 5.74) is 0.0974. The van der Waals surface area contributed by atoms with Gasteiger partial charge in [0.25, 0.3) is 5.91 Å². The van der Waals surface area contributed by atoms with E-state index in [1.165, 1.54) is 19.2 Å². The molecular weight excluding hydrogens is 324 g/mol. The first-order chi connectivity index (χ1) is 11.0. The Kier molecular flexibility index (Phi) is 7.90. The molecule has 0 bridgehead atoms. The molecule has 0 saturated carbocycles. The molecule has 0 saturated heterocycles. The summed E-state index contributed by atoms with van der Waals surface area (Å²) in [5, 5.41) is 4.90. The van der Waals surface area contributed by atoms with Gasteiger partial charge in [0.1, 0.15) is 11.3 Å². The van der Waals surface area contributed by atoms with E-state index in [2.05, 4.69) is 10.6 Å². The number of imide groups is 1. The zero-order valence-corrected chi connectivity index (χ0v) is 13.7. The monoisotopic (exact) mass is 342 g/mol. The SMILES string of the molecule is CCCCNC(=O)NC(=O)COC(=O)c1cc(Cl)ccc1OC. The molecular formula is C15H19ClN2O5. The number of halogens is 1. The molecule has 0 aliphatic heterocycles. The molecule has 0 heterocycles. The van der Waals surface area contributed by atoms with E-state index >= 15 is 0 Å². The van der Waals surface area contributed by atoms with Crippen molar-refractivity contribution in [2.45, 2.75) is 19.8 Å². The second-order valence-corrected chi connectivity index (χ2v) is 5.01. The van der Waals surface area contributed by atoms with Crippen molar-refractivity contribution in [3.05, 3.63) is 28.8 Å². The smallest absolute Gasteiger partial charge is 0.342 e. The molecule has 0 fully saturated rings. The van der Waals surface area contributed by atoms with Crippen molar-refractivity contribution in [2.75, 3.05) is 20.3 Å². The van der Waals surface area contributed by atoms with Gasteiger partial charge in [0.05, 0.1) is 7.11 Å². The molecule has 8 heteroatoms. The van der Waals surface area contributed by atoms with Crippen LogP contribution in [0.15, 0.2) is 18.2 Å². The van der Waals surface area contributed by atoms with Crippen LogP contribution >= 0.6 is 11.6 Å². The van der Waals surface area contributed by atoms with Crippen LogP contribution in [0.2, 0.25) is 5.02 Å². The first-order valence-corrected chi connectivity index (χ1v) is 7.44. The molecule has 0 unspecified atom stereocenters. The van der Waals surface area contributed by atoms with Crippen molar-refractivity contribution in [3.8, 4) is 5.75 Å². The predicted molar refractivity (Wildman–Crippen MR) is 84.7 cm³/mol. The summed E-state index contributed by atoms with van der Waals surface area (Å²) in [5.74, 6) is -1.23. The molecule has 7 nitrogen and oxygen atoms in total. The van der Waals surface area contributed by atoms with E-state index < -0.39 is 24.5 Å². The maximum atomic E-state index is 11.9. The van der Waals surface area contributed by atoms with E-state index in [0.29, 0.717) is 11.6 Å². The number of hydrogen-bond donors (Lipinski definition) is 2. The summed E-state index contributed by atoms with van der Waals surface area (Å²) in [4.78, 5) is 34.8. The minimum absolute atomic E-state index is 0.0974. The van der Waals surface area contributed by atoms with Crippen LogP contribution in [0.25, 0.3) is 0 Å². The number of ether oxygens (including phenoxy) is 2. The number of unbranched alkanes of at least 4 members (excludes halogenated alkanes) is 1. The summed E-state index contributed by atoms with van der Waals surface area (Å²) >= 11 is 5.81. The maximum absolute atomic E-state index is 11.9. The molecule has 126 valence electrons. The van der Waals surface area contributed by atoms with Gasteiger partial charge in [-0.1, -0.05) is 24.9 Å². The second kappa shape index (κ2) is 9.68. The fourth-order valence-electron chi connectivity index (χ4n) is 1.63. The summed E-state index contributed by atoms with van der Waals surface area (Å²) < 4.78 is 9.87. The van der Waals surface area contributed by atoms with E-state index in [1.54, 1.807) is 6.07 Å². The third-order valence-corrected chi connectivity index (χ3v) is 3.02. The summed E-state index contributed by atoms with van der Waals surface area (Å²) in [6, 6.07) is 3.82. The van der Waals surface area contributed by atoms with Gasteiger partial charge in [-0.05, 0) is 24.6 Å². The number of esters is 1. The fourth-order valence-corrected chi connectivity index (χ4v) is 1.81. The number of hydrogen-bond acceptors (Lipinski definition) is 5. The normalized spacial score (nSPS) is 9.87. The lowest BCUT2D eigenvalue weighted by Gasteiger charge is -2.09. The zero-order chi connectivity index (χ0) is 17.2. The first kappa shape index (κ1) is 18.8. The minimum atomic E-state index is -0.772. The van der Waals surface area contributed by atoms with E-state index in [9.17, 15) is 14.4 Å². The number of nitrogens with one attached hydrogen (secondary N) is 2. The highest BCUT2D eigenvalue weighted by atomic mass is 35.5. The quantitative estimate of drug-likeness (QED) is 0.585. The molecule has 1 aromatic carbocycles. The topological polar surface area (TPSA) is 93.7 Å². The summed E-state index contributed by atoms with van der Waals surface area (Å²) in [6.07, 6.45) is 1.73. The fraction of sp³-hybridized carbons (Fsp3) is 0.400. The largest absolute Gasteiger partial charge is 0.496 e. The number of carbonyl (C=O) groups excluding carboxylic acids is 3. The van der Waals surface area contributed by atoms with Crippen LogP contribution in [0.4, 0.5) is 4.79 Å². The Morgan fingerprint density at radius 3 is 2.65 bits per heavy atom. The Morgan fingerprint density at radius 2 is 2.00 bits per heavy atom. The summed E-state index contributed by atoms with van der Waals surface area (Å²) in [7, 11) is 1.40. The Morgan fingerprint density at radius 1 is 1.26 bits per heavy atom. The molecule has 2 N–H and O–H groups in total.